The zero-order valence-corrected chi connectivity index (χ0v) is 16.3. The van der Waals surface area contributed by atoms with Crippen LogP contribution in [0.15, 0.2) is 30.3 Å². The number of urea groups is 1. The van der Waals surface area contributed by atoms with Crippen LogP contribution in [0.1, 0.15) is 44.6 Å². The van der Waals surface area contributed by atoms with Gasteiger partial charge in [-0.2, -0.15) is 0 Å². The SMILES string of the molecule is Cc1ccc(CN(C)C(=O)NNC(=O)c2cc3c(s2)CC[C@H](C)C3)cc1. The summed E-state index contributed by atoms with van der Waals surface area (Å²) in [5, 5.41) is 0. The number of amides is 3. The molecule has 1 atom stereocenters. The fraction of sp³-hybridized carbons (Fsp3) is 0.400. The molecule has 2 N–H and O–H groups in total. The van der Waals surface area contributed by atoms with Crippen molar-refractivity contribution in [1.82, 2.24) is 15.8 Å². The van der Waals surface area contributed by atoms with E-state index in [0.29, 0.717) is 17.3 Å². The molecule has 1 aliphatic rings. The Bertz CT molecular complexity index is 798. The van der Waals surface area contributed by atoms with Crippen LogP contribution < -0.4 is 10.9 Å². The molecule has 0 fully saturated rings. The molecule has 3 amide bonds. The average molecular weight is 372 g/mol. The molecule has 26 heavy (non-hydrogen) atoms. The lowest BCUT2D eigenvalue weighted by molar-refractivity contribution is 0.0935. The second-order valence-electron chi connectivity index (χ2n) is 7.13. The van der Waals surface area contributed by atoms with E-state index >= 15 is 0 Å². The predicted molar refractivity (Wildman–Crippen MR) is 104 cm³/mol. The molecule has 1 heterocycles. The second kappa shape index (κ2) is 7.91. The number of thiophene rings is 1. The first kappa shape index (κ1) is 18.5. The van der Waals surface area contributed by atoms with Gasteiger partial charge in [0.2, 0.25) is 0 Å². The van der Waals surface area contributed by atoms with E-state index in [2.05, 4.69) is 17.8 Å². The molecule has 0 bridgehead atoms. The highest BCUT2D eigenvalue weighted by molar-refractivity contribution is 7.14. The normalized spacial score (nSPS) is 15.9. The van der Waals surface area contributed by atoms with Crippen LogP contribution in [0.2, 0.25) is 0 Å². The summed E-state index contributed by atoms with van der Waals surface area (Å²) >= 11 is 1.53. The molecule has 138 valence electrons. The topological polar surface area (TPSA) is 61.4 Å². The Labute approximate surface area is 158 Å². The minimum Gasteiger partial charge on any atom is -0.322 e. The monoisotopic (exact) mass is 371 g/mol. The smallest absolute Gasteiger partial charge is 0.322 e. The van der Waals surface area contributed by atoms with E-state index in [1.54, 1.807) is 7.05 Å². The number of aryl methyl sites for hydroxylation is 2. The number of hydrazine groups is 1. The summed E-state index contributed by atoms with van der Waals surface area (Å²) in [6, 6.07) is 9.65. The van der Waals surface area contributed by atoms with Crippen LogP contribution in [0.3, 0.4) is 0 Å². The first-order valence-electron chi connectivity index (χ1n) is 8.91. The maximum absolute atomic E-state index is 12.3. The number of hydrogen-bond acceptors (Lipinski definition) is 3. The molecular formula is C20H25N3O2S. The van der Waals surface area contributed by atoms with Gasteiger partial charge in [-0.05, 0) is 49.3 Å². The lowest BCUT2D eigenvalue weighted by Crippen LogP contribution is -2.47. The van der Waals surface area contributed by atoms with Crippen LogP contribution in [0.5, 0.6) is 0 Å². The molecule has 1 aliphatic carbocycles. The number of rotatable bonds is 3. The minimum absolute atomic E-state index is 0.255. The Kier molecular flexibility index (Phi) is 5.61. The highest BCUT2D eigenvalue weighted by atomic mass is 32.1. The van der Waals surface area contributed by atoms with Crippen LogP contribution in [0, 0.1) is 12.8 Å². The van der Waals surface area contributed by atoms with Gasteiger partial charge in [-0.3, -0.25) is 10.2 Å². The molecule has 1 aromatic heterocycles. The maximum Gasteiger partial charge on any atom is 0.336 e. The van der Waals surface area contributed by atoms with Gasteiger partial charge >= 0.3 is 6.03 Å². The van der Waals surface area contributed by atoms with Crippen molar-refractivity contribution in [2.24, 2.45) is 5.92 Å². The van der Waals surface area contributed by atoms with Crippen molar-refractivity contribution in [3.8, 4) is 0 Å². The molecule has 0 aliphatic heterocycles. The van der Waals surface area contributed by atoms with Crippen LogP contribution in [0.4, 0.5) is 4.79 Å². The molecule has 5 nitrogen and oxygen atoms in total. The third-order valence-corrected chi connectivity index (χ3v) is 5.96. The molecular weight excluding hydrogens is 346 g/mol. The van der Waals surface area contributed by atoms with Gasteiger partial charge in [-0.25, -0.2) is 10.2 Å². The second-order valence-corrected chi connectivity index (χ2v) is 8.27. The van der Waals surface area contributed by atoms with Crippen LogP contribution in [0.25, 0.3) is 0 Å². The number of nitrogens with zero attached hydrogens (tertiary/aromatic N) is 1. The summed E-state index contributed by atoms with van der Waals surface area (Å²) in [6.07, 6.45) is 3.25. The van der Waals surface area contributed by atoms with Gasteiger partial charge in [-0.1, -0.05) is 36.8 Å². The highest BCUT2D eigenvalue weighted by Crippen LogP contribution is 2.32. The molecule has 6 heteroatoms. The van der Waals surface area contributed by atoms with Crippen LogP contribution in [-0.2, 0) is 19.4 Å². The number of fused-ring (bicyclic) bond motifs is 1. The van der Waals surface area contributed by atoms with E-state index in [-0.39, 0.29) is 11.9 Å². The lowest BCUT2D eigenvalue weighted by atomic mass is 9.90. The minimum atomic E-state index is -0.339. The van der Waals surface area contributed by atoms with E-state index < -0.39 is 0 Å². The Hall–Kier alpha value is -2.34. The number of carbonyl (C=O) groups excluding carboxylic acids is 2. The summed E-state index contributed by atoms with van der Waals surface area (Å²) in [5.41, 5.74) is 8.52. The van der Waals surface area contributed by atoms with Gasteiger partial charge < -0.3 is 4.90 Å². The van der Waals surface area contributed by atoms with E-state index in [1.807, 2.05) is 37.3 Å². The number of benzene rings is 1. The molecule has 1 aromatic carbocycles. The largest absolute Gasteiger partial charge is 0.336 e. The van der Waals surface area contributed by atoms with Gasteiger partial charge in [0.05, 0.1) is 4.88 Å². The fourth-order valence-corrected chi connectivity index (χ4v) is 4.23. The number of hydrogen-bond donors (Lipinski definition) is 2. The molecule has 3 rings (SSSR count). The first-order chi connectivity index (χ1) is 12.4. The van der Waals surface area contributed by atoms with Crippen LogP contribution >= 0.6 is 11.3 Å². The van der Waals surface area contributed by atoms with Crippen molar-refractivity contribution in [3.05, 3.63) is 56.8 Å². The third-order valence-electron chi connectivity index (χ3n) is 4.72. The van der Waals surface area contributed by atoms with Gasteiger partial charge in [0.25, 0.3) is 5.91 Å². The summed E-state index contributed by atoms with van der Waals surface area (Å²) in [7, 11) is 1.70. The van der Waals surface area contributed by atoms with Crippen molar-refractivity contribution in [2.45, 2.75) is 39.7 Å². The Morgan fingerprint density at radius 2 is 1.96 bits per heavy atom. The summed E-state index contributed by atoms with van der Waals surface area (Å²) < 4.78 is 0. The Morgan fingerprint density at radius 1 is 1.23 bits per heavy atom. The summed E-state index contributed by atoms with van der Waals surface area (Å²) in [4.78, 5) is 28.0. The van der Waals surface area contributed by atoms with Gasteiger partial charge in [0, 0.05) is 18.5 Å². The van der Waals surface area contributed by atoms with Crippen LogP contribution in [-0.4, -0.2) is 23.9 Å². The first-order valence-corrected chi connectivity index (χ1v) is 9.72. The van der Waals surface area contributed by atoms with Crippen molar-refractivity contribution < 1.29 is 9.59 Å². The third kappa shape index (κ3) is 4.43. The quantitative estimate of drug-likeness (QED) is 0.809. The molecule has 0 radical (unpaired) electrons. The van der Waals surface area contributed by atoms with Gasteiger partial charge in [0.15, 0.2) is 0 Å². The standard InChI is InChI=1S/C20H25N3O2S/c1-13-4-7-15(8-5-13)12-23(3)20(25)22-21-19(24)18-11-16-10-14(2)6-9-17(16)26-18/h4-5,7-8,11,14H,6,9-10,12H2,1-3H3,(H,21,24)(H,22,25)/t14-/m0/s1. The number of carbonyl (C=O) groups is 2. The Balaban J connectivity index is 1.52. The summed E-state index contributed by atoms with van der Waals surface area (Å²) in [6.45, 7) is 4.75. The average Bonchev–Trinajstić information content (AvgIpc) is 3.04. The van der Waals surface area contributed by atoms with Crippen molar-refractivity contribution in [1.29, 1.82) is 0 Å². The molecule has 2 aromatic rings. The fourth-order valence-electron chi connectivity index (χ4n) is 3.12. The van der Waals surface area contributed by atoms with Crippen molar-refractivity contribution >= 4 is 23.3 Å². The van der Waals surface area contributed by atoms with E-state index in [1.165, 1.54) is 38.7 Å². The lowest BCUT2D eigenvalue weighted by Gasteiger charge is -2.18. The van der Waals surface area contributed by atoms with Gasteiger partial charge in [-0.15, -0.1) is 11.3 Å². The van der Waals surface area contributed by atoms with Gasteiger partial charge in [0.1, 0.15) is 0 Å². The van der Waals surface area contributed by atoms with Crippen molar-refractivity contribution in [2.75, 3.05) is 7.05 Å². The maximum atomic E-state index is 12.3. The van der Waals surface area contributed by atoms with Crippen molar-refractivity contribution in [3.63, 3.8) is 0 Å². The molecule has 0 saturated heterocycles. The molecule has 0 unspecified atom stereocenters. The highest BCUT2D eigenvalue weighted by Gasteiger charge is 2.21. The zero-order valence-electron chi connectivity index (χ0n) is 15.5. The molecule has 0 saturated carbocycles. The van der Waals surface area contributed by atoms with E-state index in [9.17, 15) is 9.59 Å². The Morgan fingerprint density at radius 3 is 2.69 bits per heavy atom. The van der Waals surface area contributed by atoms with E-state index in [0.717, 1.165) is 18.4 Å². The van der Waals surface area contributed by atoms with E-state index in [4.69, 9.17) is 0 Å². The number of nitrogens with one attached hydrogen (secondary N) is 2. The predicted octanol–water partition coefficient (Wildman–Crippen LogP) is 3.67. The molecule has 0 spiro atoms. The zero-order chi connectivity index (χ0) is 18.7. The summed E-state index contributed by atoms with van der Waals surface area (Å²) in [5.74, 6) is 0.414.